The van der Waals surface area contributed by atoms with Gasteiger partial charge in [-0.25, -0.2) is 4.21 Å². The van der Waals surface area contributed by atoms with Gasteiger partial charge in [0.1, 0.15) is 0 Å². The van der Waals surface area contributed by atoms with Crippen LogP contribution in [0.1, 0.15) is 6.42 Å². The lowest BCUT2D eigenvalue weighted by atomic mass is 10.6. The predicted molar refractivity (Wildman–Crippen MR) is 34.8 cm³/mol. The second-order valence-electron chi connectivity index (χ2n) is 1.17. The molecule has 2 unspecified atom stereocenters. The van der Waals surface area contributed by atoms with E-state index in [9.17, 15) is 4.21 Å². The lowest BCUT2D eigenvalue weighted by Gasteiger charge is -1.86. The zero-order valence-corrected chi connectivity index (χ0v) is 5.93. The van der Waals surface area contributed by atoms with E-state index < -0.39 is 11.1 Å². The fourth-order valence-corrected chi connectivity index (χ4v) is 1.12. The molecule has 0 aliphatic carbocycles. The highest BCUT2D eigenvalue weighted by molar-refractivity contribution is 7.79. The molecule has 0 aromatic heterocycles. The molecular weight excluding hydrogens is 131 g/mol. The fourth-order valence-electron chi connectivity index (χ4n) is 0.207. The van der Waals surface area contributed by atoms with Crippen LogP contribution in [-0.2, 0) is 11.1 Å². The van der Waals surface area contributed by atoms with Gasteiger partial charge >= 0.3 is 0 Å². The quantitative estimate of drug-likeness (QED) is 0.457. The average molecular weight is 140 g/mol. The van der Waals surface area contributed by atoms with Crippen LogP contribution < -0.4 is 0 Å². The number of rotatable bonds is 3. The molecule has 0 fully saturated rings. The Kier molecular flexibility index (Phi) is 5.05. The minimum atomic E-state index is -1.58. The van der Waals surface area contributed by atoms with Gasteiger partial charge in [0.25, 0.3) is 0 Å². The molecule has 0 aliphatic heterocycles. The van der Waals surface area contributed by atoms with Crippen molar-refractivity contribution >= 4 is 20.3 Å². The van der Waals surface area contributed by atoms with Crippen LogP contribution in [0.3, 0.4) is 0 Å². The molecule has 0 saturated carbocycles. The zero-order valence-electron chi connectivity index (χ0n) is 3.96. The molecule has 0 aromatic rings. The summed E-state index contributed by atoms with van der Waals surface area (Å²) in [5, 5.41) is 0. The molecule has 2 nitrogen and oxygen atoms in total. The van der Waals surface area contributed by atoms with Gasteiger partial charge in [0.15, 0.2) is 11.1 Å². The van der Waals surface area contributed by atoms with Gasteiger partial charge in [0, 0.05) is 5.75 Å². The zero-order chi connectivity index (χ0) is 5.70. The normalized spacial score (nSPS) is 14.0. The summed E-state index contributed by atoms with van der Waals surface area (Å²) in [7, 11) is 2.50. The molecule has 0 aliphatic rings. The predicted octanol–water partition coefficient (Wildman–Crippen LogP) is 0.473. The summed E-state index contributed by atoms with van der Waals surface area (Å²) in [5.74, 6) is 0.406. The van der Waals surface area contributed by atoms with Crippen LogP contribution in [0, 0.1) is 0 Å². The highest BCUT2D eigenvalue weighted by atomic mass is 32.2. The monoisotopic (exact) mass is 140 g/mol. The number of hydrogen-bond donors (Lipinski definition) is 1. The molecule has 0 aromatic carbocycles. The summed E-state index contributed by atoms with van der Waals surface area (Å²) < 4.78 is 18.0. The Hall–Kier alpha value is 0.540. The second-order valence-corrected chi connectivity index (χ2v) is 2.80. The first-order valence-corrected chi connectivity index (χ1v) is 4.14. The average Bonchev–Trinajstić information content (AvgIpc) is 1.61. The Morgan fingerprint density at radius 3 is 2.43 bits per heavy atom. The van der Waals surface area contributed by atoms with Gasteiger partial charge in [-0.1, -0.05) is 0 Å². The summed E-state index contributed by atoms with van der Waals surface area (Å²) >= 11 is -1.58. The molecule has 0 spiro atoms. The fraction of sp³-hybridized carbons (Fsp3) is 1.00. The van der Waals surface area contributed by atoms with E-state index in [0.717, 1.165) is 12.6 Å². The summed E-state index contributed by atoms with van der Waals surface area (Å²) in [5.41, 5.74) is 0. The first-order valence-electron chi connectivity index (χ1n) is 2.05. The van der Waals surface area contributed by atoms with E-state index in [4.69, 9.17) is 4.55 Å². The lowest BCUT2D eigenvalue weighted by Crippen LogP contribution is -1.93. The second kappa shape index (κ2) is 4.69. The van der Waals surface area contributed by atoms with E-state index in [0.29, 0.717) is 5.75 Å². The van der Waals surface area contributed by atoms with E-state index in [1.54, 1.807) is 0 Å². The standard InChI is InChI=1S/C3H9O2PS/c4-7(5)3-1-2-6/h1-3,6H2,(H,4,5). The van der Waals surface area contributed by atoms with Gasteiger partial charge < -0.3 is 4.55 Å². The first-order chi connectivity index (χ1) is 3.27. The Labute approximate surface area is 48.2 Å². The van der Waals surface area contributed by atoms with Crippen molar-refractivity contribution in [1.29, 1.82) is 0 Å². The van der Waals surface area contributed by atoms with Crippen molar-refractivity contribution in [3.63, 3.8) is 0 Å². The molecule has 2 atom stereocenters. The van der Waals surface area contributed by atoms with E-state index in [-0.39, 0.29) is 0 Å². The van der Waals surface area contributed by atoms with E-state index in [1.165, 1.54) is 0 Å². The third kappa shape index (κ3) is 6.54. The molecule has 7 heavy (non-hydrogen) atoms. The Morgan fingerprint density at radius 1 is 1.71 bits per heavy atom. The highest BCUT2D eigenvalue weighted by Crippen LogP contribution is 1.88. The van der Waals surface area contributed by atoms with Crippen LogP contribution >= 0.6 is 9.24 Å². The molecule has 0 heterocycles. The van der Waals surface area contributed by atoms with E-state index >= 15 is 0 Å². The first kappa shape index (κ1) is 7.54. The molecule has 0 amide bonds. The SMILES string of the molecule is O=S(O)CCCP. The molecule has 0 rings (SSSR count). The van der Waals surface area contributed by atoms with Gasteiger partial charge in [0.2, 0.25) is 0 Å². The van der Waals surface area contributed by atoms with Crippen molar-refractivity contribution in [2.75, 3.05) is 11.9 Å². The maximum absolute atomic E-state index is 9.86. The third-order valence-electron chi connectivity index (χ3n) is 0.523. The van der Waals surface area contributed by atoms with E-state index in [1.807, 2.05) is 0 Å². The summed E-state index contributed by atoms with van der Waals surface area (Å²) in [4.78, 5) is 0. The van der Waals surface area contributed by atoms with Crippen molar-refractivity contribution in [1.82, 2.24) is 0 Å². The maximum Gasteiger partial charge on any atom is 0.152 e. The van der Waals surface area contributed by atoms with Crippen LogP contribution in [-0.4, -0.2) is 20.7 Å². The van der Waals surface area contributed by atoms with Crippen LogP contribution in [0.15, 0.2) is 0 Å². The summed E-state index contributed by atoms with van der Waals surface area (Å²) in [6.45, 7) is 0. The molecule has 44 valence electrons. The van der Waals surface area contributed by atoms with Crippen LogP contribution in [0.4, 0.5) is 0 Å². The van der Waals surface area contributed by atoms with Gasteiger partial charge in [-0.05, 0) is 12.6 Å². The van der Waals surface area contributed by atoms with Crippen LogP contribution in [0.5, 0.6) is 0 Å². The van der Waals surface area contributed by atoms with Gasteiger partial charge in [-0.2, -0.15) is 0 Å². The number of hydrogen-bond acceptors (Lipinski definition) is 1. The van der Waals surface area contributed by atoms with Crippen LogP contribution in [0.2, 0.25) is 0 Å². The highest BCUT2D eigenvalue weighted by Gasteiger charge is 1.87. The van der Waals surface area contributed by atoms with Crippen molar-refractivity contribution in [3.05, 3.63) is 0 Å². The maximum atomic E-state index is 9.86. The smallest absolute Gasteiger partial charge is 0.152 e. The summed E-state index contributed by atoms with van der Waals surface area (Å²) in [6, 6.07) is 0. The largest absolute Gasteiger partial charge is 0.306 e. The Morgan fingerprint density at radius 2 is 2.29 bits per heavy atom. The molecule has 0 radical (unpaired) electrons. The van der Waals surface area contributed by atoms with Gasteiger partial charge in [-0.3, -0.25) is 0 Å². The molecule has 0 saturated heterocycles. The van der Waals surface area contributed by atoms with Crippen LogP contribution in [0.25, 0.3) is 0 Å². The van der Waals surface area contributed by atoms with Gasteiger partial charge in [0.05, 0.1) is 0 Å². The topological polar surface area (TPSA) is 37.3 Å². The minimum absolute atomic E-state index is 0.406. The third-order valence-corrected chi connectivity index (χ3v) is 1.57. The molecule has 0 bridgehead atoms. The van der Waals surface area contributed by atoms with Crippen molar-refractivity contribution < 1.29 is 8.76 Å². The molecular formula is C3H9O2PS. The van der Waals surface area contributed by atoms with Crippen molar-refractivity contribution in [3.8, 4) is 0 Å². The Bertz CT molecular complexity index is 66.0. The van der Waals surface area contributed by atoms with Gasteiger partial charge in [-0.15, -0.1) is 9.24 Å². The lowest BCUT2D eigenvalue weighted by molar-refractivity contribution is 0.563. The molecule has 1 N–H and O–H groups in total. The Balaban J connectivity index is 2.82. The van der Waals surface area contributed by atoms with E-state index in [2.05, 4.69) is 9.24 Å². The minimum Gasteiger partial charge on any atom is -0.306 e. The summed E-state index contributed by atoms with van der Waals surface area (Å²) in [6.07, 6.45) is 1.72. The van der Waals surface area contributed by atoms with Crippen molar-refractivity contribution in [2.24, 2.45) is 0 Å². The van der Waals surface area contributed by atoms with Crippen molar-refractivity contribution in [2.45, 2.75) is 6.42 Å². The molecule has 4 heteroatoms.